The van der Waals surface area contributed by atoms with Crippen LogP contribution in [-0.4, -0.2) is 34.8 Å². The summed E-state index contributed by atoms with van der Waals surface area (Å²) in [6.07, 6.45) is 4.06. The second kappa shape index (κ2) is 8.12. The van der Waals surface area contributed by atoms with Gasteiger partial charge in [0.05, 0.1) is 23.2 Å². The molecule has 2 amide bonds. The second-order valence-electron chi connectivity index (χ2n) is 8.89. The molecule has 0 saturated carbocycles. The summed E-state index contributed by atoms with van der Waals surface area (Å²) in [6.45, 7) is 7.50. The van der Waals surface area contributed by atoms with Crippen molar-refractivity contribution in [3.05, 3.63) is 58.7 Å². The average molecular weight is 444 g/mol. The fraction of sp³-hybridized carbons (Fsp3) is 0.240. The van der Waals surface area contributed by atoms with E-state index >= 15 is 0 Å². The molecule has 2 heterocycles. The Morgan fingerprint density at radius 2 is 1.94 bits per heavy atom. The molecule has 0 spiro atoms. The lowest BCUT2D eigenvalue weighted by Crippen LogP contribution is -2.33. The zero-order valence-corrected chi connectivity index (χ0v) is 18.8. The lowest BCUT2D eigenvalue weighted by Gasteiger charge is -2.34. The van der Waals surface area contributed by atoms with E-state index < -0.39 is 11.3 Å². The number of dihydropyridines is 1. The summed E-state index contributed by atoms with van der Waals surface area (Å²) < 4.78 is 0. The van der Waals surface area contributed by atoms with Crippen molar-refractivity contribution in [2.75, 3.05) is 10.6 Å². The number of carbonyl (C=O) groups is 3. The summed E-state index contributed by atoms with van der Waals surface area (Å²) >= 11 is 0. The summed E-state index contributed by atoms with van der Waals surface area (Å²) in [5, 5.41) is 16.8. The number of carbonyl (C=O) groups excluding carboxylic acids is 3. The number of anilines is 2. The number of rotatable bonds is 3. The number of aliphatic imine (C=N–C) groups is 2. The third kappa shape index (κ3) is 4.32. The van der Waals surface area contributed by atoms with E-state index in [0.717, 1.165) is 17.3 Å². The molecule has 8 heteroatoms. The Morgan fingerprint density at radius 1 is 1.18 bits per heavy atom. The number of amidine groups is 1. The quantitative estimate of drug-likeness (QED) is 0.659. The number of nitrogens with zero attached hydrogens (tertiary/aromatic N) is 2. The van der Waals surface area contributed by atoms with E-state index in [9.17, 15) is 19.5 Å². The topological polar surface area (TPSA) is 120 Å². The minimum Gasteiger partial charge on any atom is -0.507 e. The molecule has 0 atom stereocenters. The minimum absolute atomic E-state index is 0.0251. The Morgan fingerprint density at radius 3 is 2.61 bits per heavy atom. The first-order valence-electron chi connectivity index (χ1n) is 10.5. The second-order valence-corrected chi connectivity index (χ2v) is 8.89. The molecule has 2 aliphatic rings. The highest BCUT2D eigenvalue weighted by Gasteiger charge is 2.38. The van der Waals surface area contributed by atoms with Gasteiger partial charge >= 0.3 is 0 Å². The number of nitrogens with one attached hydrogen (secondary N) is 2. The molecule has 2 aliphatic heterocycles. The molecular weight excluding hydrogens is 420 g/mol. The predicted molar refractivity (Wildman–Crippen MR) is 128 cm³/mol. The van der Waals surface area contributed by atoms with Crippen molar-refractivity contribution >= 4 is 46.7 Å². The van der Waals surface area contributed by atoms with Crippen LogP contribution in [0.2, 0.25) is 0 Å². The number of fused-ring (bicyclic) bond motifs is 1. The van der Waals surface area contributed by atoms with Crippen molar-refractivity contribution in [2.45, 2.75) is 39.5 Å². The van der Waals surface area contributed by atoms with Crippen LogP contribution < -0.4 is 10.6 Å². The van der Waals surface area contributed by atoms with Crippen molar-refractivity contribution < 1.29 is 19.5 Å². The molecule has 4 rings (SSSR count). The van der Waals surface area contributed by atoms with Gasteiger partial charge in [-0.2, -0.15) is 0 Å². The van der Waals surface area contributed by atoms with Crippen LogP contribution in [0.15, 0.2) is 46.4 Å². The van der Waals surface area contributed by atoms with Gasteiger partial charge in [-0.25, -0.2) is 9.98 Å². The number of allylic oxidation sites excluding steroid dienone is 1. The maximum atomic E-state index is 13.2. The van der Waals surface area contributed by atoms with Crippen LogP contribution in [0, 0.1) is 13.8 Å². The molecule has 0 aromatic heterocycles. The van der Waals surface area contributed by atoms with E-state index in [4.69, 9.17) is 0 Å². The van der Waals surface area contributed by atoms with Crippen LogP contribution in [-0.2, 0) is 15.0 Å². The van der Waals surface area contributed by atoms with Gasteiger partial charge in [-0.1, -0.05) is 31.5 Å². The molecule has 0 radical (unpaired) electrons. The predicted octanol–water partition coefficient (Wildman–Crippen LogP) is 4.12. The van der Waals surface area contributed by atoms with Gasteiger partial charge < -0.3 is 15.7 Å². The third-order valence-corrected chi connectivity index (χ3v) is 5.65. The first-order valence-corrected chi connectivity index (χ1v) is 10.5. The highest BCUT2D eigenvalue weighted by atomic mass is 16.3. The van der Waals surface area contributed by atoms with Crippen molar-refractivity contribution in [3.63, 3.8) is 0 Å². The molecule has 2 aromatic rings. The van der Waals surface area contributed by atoms with Gasteiger partial charge in [0.15, 0.2) is 11.6 Å². The van der Waals surface area contributed by atoms with Crippen LogP contribution in [0.25, 0.3) is 0 Å². The summed E-state index contributed by atoms with van der Waals surface area (Å²) in [5.74, 6) is -0.961. The van der Waals surface area contributed by atoms with Gasteiger partial charge in [-0.05, 0) is 43.7 Å². The normalized spacial score (nSPS) is 17.6. The summed E-state index contributed by atoms with van der Waals surface area (Å²) in [5.41, 5.74) is 2.88. The van der Waals surface area contributed by atoms with Crippen LogP contribution >= 0.6 is 0 Å². The summed E-state index contributed by atoms with van der Waals surface area (Å²) in [7, 11) is 0. The van der Waals surface area contributed by atoms with E-state index in [-0.39, 0.29) is 40.9 Å². The maximum Gasteiger partial charge on any atom is 0.259 e. The zero-order chi connectivity index (χ0) is 23.9. The molecular formula is C25H24N4O4. The van der Waals surface area contributed by atoms with E-state index in [1.165, 1.54) is 18.2 Å². The number of phenolic OH excluding ortho intramolecular Hbond substituents is 1. The summed E-state index contributed by atoms with van der Waals surface area (Å²) in [4.78, 5) is 45.4. The molecule has 168 valence electrons. The number of hydrogen-bond donors (Lipinski definition) is 3. The first kappa shape index (κ1) is 22.1. The third-order valence-electron chi connectivity index (χ3n) is 5.65. The number of aryl methyl sites for hydroxylation is 2. The minimum atomic E-state index is -0.742. The Labute approximate surface area is 191 Å². The number of benzene rings is 2. The molecule has 0 unspecified atom stereocenters. The van der Waals surface area contributed by atoms with E-state index in [2.05, 4.69) is 20.6 Å². The number of hydrogen-bond acceptors (Lipinski definition) is 5. The van der Waals surface area contributed by atoms with Crippen molar-refractivity contribution in [1.29, 1.82) is 0 Å². The molecule has 0 saturated heterocycles. The Balaban J connectivity index is 1.86. The zero-order valence-electron chi connectivity index (χ0n) is 18.8. The number of ketones is 1. The van der Waals surface area contributed by atoms with Crippen molar-refractivity contribution in [1.82, 2.24) is 0 Å². The van der Waals surface area contributed by atoms with Crippen LogP contribution in [0.5, 0.6) is 5.75 Å². The molecule has 0 fully saturated rings. The molecule has 0 aliphatic carbocycles. The smallest absolute Gasteiger partial charge is 0.259 e. The Hall–Kier alpha value is -4.07. The fourth-order valence-corrected chi connectivity index (χ4v) is 4.08. The molecule has 2 aromatic carbocycles. The molecule has 3 N–H and O–H groups in total. The molecule has 33 heavy (non-hydrogen) atoms. The number of amides is 2. The standard InChI is InChI=1S/C25H24N4O4/c1-13-5-7-17(14(2)9-13)28-24(33)16-10-18(27-19-8-6-15(30)12-26-19)22-21(23(16)32)25(3,4)11-20(31)29-22/h5-10,12,32H,11H2,1-4H3,(H,28,33)(H,29,31). The largest absolute Gasteiger partial charge is 0.507 e. The Kier molecular flexibility index (Phi) is 5.45. The van der Waals surface area contributed by atoms with Gasteiger partial charge in [-0.3, -0.25) is 14.4 Å². The first-order chi connectivity index (χ1) is 15.5. The highest BCUT2D eigenvalue weighted by Crippen LogP contribution is 2.49. The SMILES string of the molecule is Cc1ccc(NC(=O)c2cc(N=C3C=CC(=O)C=N3)c3c(c2O)C(C)(C)CC(=O)N3)c(C)c1. The van der Waals surface area contributed by atoms with Gasteiger partial charge in [0, 0.05) is 23.1 Å². The lowest BCUT2D eigenvalue weighted by molar-refractivity contribution is -0.117. The van der Waals surface area contributed by atoms with Crippen LogP contribution in [0.3, 0.4) is 0 Å². The van der Waals surface area contributed by atoms with Crippen LogP contribution in [0.1, 0.15) is 47.3 Å². The molecule has 0 bridgehead atoms. The van der Waals surface area contributed by atoms with Crippen molar-refractivity contribution in [3.8, 4) is 5.75 Å². The summed E-state index contributed by atoms with van der Waals surface area (Å²) in [6, 6.07) is 7.07. The van der Waals surface area contributed by atoms with Gasteiger partial charge in [0.2, 0.25) is 5.91 Å². The monoisotopic (exact) mass is 444 g/mol. The number of phenols is 1. The fourth-order valence-electron chi connectivity index (χ4n) is 4.08. The van der Waals surface area contributed by atoms with E-state index in [1.54, 1.807) is 0 Å². The van der Waals surface area contributed by atoms with Crippen LogP contribution in [0.4, 0.5) is 17.1 Å². The highest BCUT2D eigenvalue weighted by molar-refractivity contribution is 6.37. The average Bonchev–Trinajstić information content (AvgIpc) is 2.72. The van der Waals surface area contributed by atoms with E-state index in [1.807, 2.05) is 45.9 Å². The van der Waals surface area contributed by atoms with E-state index in [0.29, 0.717) is 16.9 Å². The van der Waals surface area contributed by atoms with Gasteiger partial charge in [0.25, 0.3) is 5.91 Å². The Bertz CT molecular complexity index is 1280. The molecule has 8 nitrogen and oxygen atoms in total. The number of aromatic hydroxyl groups is 1. The van der Waals surface area contributed by atoms with Gasteiger partial charge in [-0.15, -0.1) is 0 Å². The lowest BCUT2D eigenvalue weighted by atomic mass is 9.76. The van der Waals surface area contributed by atoms with Gasteiger partial charge in [0.1, 0.15) is 5.75 Å². The maximum absolute atomic E-state index is 13.2. The van der Waals surface area contributed by atoms with Crippen molar-refractivity contribution in [2.24, 2.45) is 9.98 Å².